The molecule has 4 nitrogen and oxygen atoms in total. The lowest BCUT2D eigenvalue weighted by Crippen LogP contribution is -2.50. The maximum absolute atomic E-state index is 11.9. The normalized spacial score (nSPS) is 32.4. The van der Waals surface area contributed by atoms with Gasteiger partial charge in [0.15, 0.2) is 0 Å². The molecule has 2 rings (SSSR count). The van der Waals surface area contributed by atoms with Gasteiger partial charge in [-0.3, -0.25) is 9.69 Å². The summed E-state index contributed by atoms with van der Waals surface area (Å²) < 4.78 is 4.96. The van der Waals surface area contributed by atoms with Gasteiger partial charge in [-0.15, -0.1) is 12.4 Å². The molecule has 0 aromatic carbocycles. The molecule has 112 valence electrons. The van der Waals surface area contributed by atoms with Crippen LogP contribution in [0, 0.1) is 11.8 Å². The predicted molar refractivity (Wildman–Crippen MR) is 78.6 cm³/mol. The molecule has 0 aromatic heterocycles. The molecule has 19 heavy (non-hydrogen) atoms. The third kappa shape index (κ3) is 4.62. The number of methoxy groups -OCH3 is 1. The number of likely N-dealkylation sites (tertiary alicyclic amines) is 1. The van der Waals surface area contributed by atoms with Crippen LogP contribution in [0.25, 0.3) is 0 Å². The minimum Gasteiger partial charge on any atom is -0.468 e. The standard InChI is InChI=1S/C14H26N2O2.ClH/c1-11-5-7-16(13(8-11)14(17)18-2)10-12-4-3-6-15-9-12;/h11-13,15H,3-10H2,1-2H3;1H. The number of nitrogens with one attached hydrogen (secondary N) is 1. The largest absolute Gasteiger partial charge is 0.468 e. The molecular weight excluding hydrogens is 264 g/mol. The van der Waals surface area contributed by atoms with Crippen molar-refractivity contribution in [1.82, 2.24) is 10.2 Å². The summed E-state index contributed by atoms with van der Waals surface area (Å²) in [5, 5.41) is 3.45. The summed E-state index contributed by atoms with van der Waals surface area (Å²) in [5.74, 6) is 1.28. The zero-order valence-electron chi connectivity index (χ0n) is 12.1. The van der Waals surface area contributed by atoms with Gasteiger partial charge in [0, 0.05) is 6.54 Å². The van der Waals surface area contributed by atoms with Crippen molar-refractivity contribution in [3.63, 3.8) is 0 Å². The topological polar surface area (TPSA) is 41.6 Å². The van der Waals surface area contributed by atoms with Crippen molar-refractivity contribution in [2.75, 3.05) is 33.3 Å². The Bertz CT molecular complexity index is 283. The lowest BCUT2D eigenvalue weighted by Gasteiger charge is -2.39. The maximum Gasteiger partial charge on any atom is 0.323 e. The van der Waals surface area contributed by atoms with Gasteiger partial charge in [0.1, 0.15) is 6.04 Å². The zero-order chi connectivity index (χ0) is 13.0. The van der Waals surface area contributed by atoms with E-state index in [2.05, 4.69) is 17.1 Å². The second-order valence-electron chi connectivity index (χ2n) is 5.88. The number of piperidine rings is 2. The van der Waals surface area contributed by atoms with Crippen LogP contribution < -0.4 is 5.32 Å². The minimum atomic E-state index is -0.0506. The first kappa shape index (κ1) is 16.7. The van der Waals surface area contributed by atoms with Gasteiger partial charge in [0.25, 0.3) is 0 Å². The van der Waals surface area contributed by atoms with Crippen molar-refractivity contribution in [2.24, 2.45) is 11.8 Å². The van der Waals surface area contributed by atoms with Crippen LogP contribution >= 0.6 is 12.4 Å². The Morgan fingerprint density at radius 3 is 2.84 bits per heavy atom. The lowest BCUT2D eigenvalue weighted by molar-refractivity contribution is -0.149. The highest BCUT2D eigenvalue weighted by atomic mass is 35.5. The van der Waals surface area contributed by atoms with Gasteiger partial charge in [-0.25, -0.2) is 0 Å². The molecule has 2 aliphatic rings. The van der Waals surface area contributed by atoms with E-state index in [0.717, 1.165) is 32.6 Å². The van der Waals surface area contributed by atoms with Crippen LogP contribution in [-0.4, -0.2) is 50.2 Å². The number of halogens is 1. The minimum absolute atomic E-state index is 0. The number of nitrogens with zero attached hydrogens (tertiary/aromatic N) is 1. The van der Waals surface area contributed by atoms with E-state index in [9.17, 15) is 4.79 Å². The highest BCUT2D eigenvalue weighted by Gasteiger charge is 2.33. The Kier molecular flexibility index (Phi) is 7.11. The molecule has 0 amide bonds. The molecule has 2 heterocycles. The molecular formula is C14H27ClN2O2. The molecule has 2 fully saturated rings. The van der Waals surface area contributed by atoms with Gasteiger partial charge >= 0.3 is 5.97 Å². The Morgan fingerprint density at radius 2 is 2.21 bits per heavy atom. The molecule has 0 bridgehead atoms. The Morgan fingerprint density at radius 1 is 1.42 bits per heavy atom. The average Bonchev–Trinajstić information content (AvgIpc) is 2.41. The summed E-state index contributed by atoms with van der Waals surface area (Å²) >= 11 is 0. The summed E-state index contributed by atoms with van der Waals surface area (Å²) in [5.41, 5.74) is 0. The fraction of sp³-hybridized carbons (Fsp3) is 0.929. The van der Waals surface area contributed by atoms with Crippen LogP contribution in [0.4, 0.5) is 0 Å². The number of rotatable bonds is 3. The van der Waals surface area contributed by atoms with Crippen LogP contribution in [0.15, 0.2) is 0 Å². The monoisotopic (exact) mass is 290 g/mol. The summed E-state index contributed by atoms with van der Waals surface area (Å²) in [6.45, 7) is 6.56. The van der Waals surface area contributed by atoms with Crippen molar-refractivity contribution >= 4 is 18.4 Å². The number of carbonyl (C=O) groups excluding carboxylic acids is 1. The molecule has 3 atom stereocenters. The maximum atomic E-state index is 11.9. The number of carbonyl (C=O) groups is 1. The van der Waals surface area contributed by atoms with Crippen LogP contribution in [0.1, 0.15) is 32.6 Å². The van der Waals surface area contributed by atoms with Crippen molar-refractivity contribution in [3.8, 4) is 0 Å². The first-order valence-electron chi connectivity index (χ1n) is 7.23. The van der Waals surface area contributed by atoms with Gasteiger partial charge in [0.05, 0.1) is 7.11 Å². The molecule has 0 spiro atoms. The predicted octanol–water partition coefficient (Wildman–Crippen LogP) is 1.68. The molecule has 5 heteroatoms. The second-order valence-corrected chi connectivity index (χ2v) is 5.88. The van der Waals surface area contributed by atoms with Crippen LogP contribution in [0.3, 0.4) is 0 Å². The van der Waals surface area contributed by atoms with Gasteiger partial charge in [0.2, 0.25) is 0 Å². The summed E-state index contributed by atoms with van der Waals surface area (Å²) in [6, 6.07) is -0.0133. The Labute approximate surface area is 122 Å². The SMILES string of the molecule is COC(=O)C1CC(C)CCN1CC1CCCNC1.Cl. The van der Waals surface area contributed by atoms with Gasteiger partial charge < -0.3 is 10.1 Å². The van der Waals surface area contributed by atoms with Crippen molar-refractivity contribution in [1.29, 1.82) is 0 Å². The fourth-order valence-corrected chi connectivity index (χ4v) is 3.20. The van der Waals surface area contributed by atoms with Crippen molar-refractivity contribution in [3.05, 3.63) is 0 Å². The highest BCUT2D eigenvalue weighted by molar-refractivity contribution is 5.85. The van der Waals surface area contributed by atoms with E-state index in [-0.39, 0.29) is 24.4 Å². The van der Waals surface area contributed by atoms with E-state index in [0.29, 0.717) is 11.8 Å². The molecule has 0 aliphatic carbocycles. The number of hydrogen-bond acceptors (Lipinski definition) is 4. The summed E-state index contributed by atoms with van der Waals surface area (Å²) in [4.78, 5) is 14.2. The van der Waals surface area contributed by atoms with Gasteiger partial charge in [-0.2, -0.15) is 0 Å². The van der Waals surface area contributed by atoms with E-state index in [1.54, 1.807) is 0 Å². The van der Waals surface area contributed by atoms with Gasteiger partial charge in [-0.05, 0) is 57.2 Å². The first-order valence-corrected chi connectivity index (χ1v) is 7.23. The first-order chi connectivity index (χ1) is 8.70. The highest BCUT2D eigenvalue weighted by Crippen LogP contribution is 2.25. The van der Waals surface area contributed by atoms with Crippen molar-refractivity contribution in [2.45, 2.75) is 38.6 Å². The Hall–Kier alpha value is -0.320. The average molecular weight is 291 g/mol. The number of hydrogen-bond donors (Lipinski definition) is 1. The summed E-state index contributed by atoms with van der Waals surface area (Å²) in [7, 11) is 1.50. The molecule has 3 unspecified atom stereocenters. The number of esters is 1. The number of ether oxygens (including phenoxy) is 1. The zero-order valence-corrected chi connectivity index (χ0v) is 12.9. The quantitative estimate of drug-likeness (QED) is 0.803. The lowest BCUT2D eigenvalue weighted by atomic mass is 9.90. The van der Waals surface area contributed by atoms with E-state index in [1.807, 2.05) is 0 Å². The third-order valence-corrected chi connectivity index (χ3v) is 4.34. The molecule has 0 aromatic rings. The van der Waals surface area contributed by atoms with Gasteiger partial charge in [-0.1, -0.05) is 6.92 Å². The van der Waals surface area contributed by atoms with Crippen molar-refractivity contribution < 1.29 is 9.53 Å². The van der Waals surface area contributed by atoms with E-state index >= 15 is 0 Å². The Balaban J connectivity index is 0.00000180. The molecule has 0 radical (unpaired) electrons. The van der Waals surface area contributed by atoms with E-state index in [1.165, 1.54) is 26.4 Å². The smallest absolute Gasteiger partial charge is 0.323 e. The molecule has 2 aliphatic heterocycles. The van der Waals surface area contributed by atoms with Crippen LogP contribution in [0.5, 0.6) is 0 Å². The third-order valence-electron chi connectivity index (χ3n) is 4.34. The fourth-order valence-electron chi connectivity index (χ4n) is 3.20. The van der Waals surface area contributed by atoms with Crippen LogP contribution in [-0.2, 0) is 9.53 Å². The van der Waals surface area contributed by atoms with E-state index in [4.69, 9.17) is 4.74 Å². The molecule has 1 N–H and O–H groups in total. The second kappa shape index (κ2) is 8.08. The molecule has 0 saturated carbocycles. The van der Waals surface area contributed by atoms with Crippen LogP contribution in [0.2, 0.25) is 0 Å². The van der Waals surface area contributed by atoms with E-state index < -0.39 is 0 Å². The summed E-state index contributed by atoms with van der Waals surface area (Å²) in [6.07, 6.45) is 4.70. The molecule has 2 saturated heterocycles.